The summed E-state index contributed by atoms with van der Waals surface area (Å²) in [5.74, 6) is -0.568. The molecule has 0 spiro atoms. The number of carboxylic acid groups (broad SMARTS) is 1. The van der Waals surface area contributed by atoms with Gasteiger partial charge in [0, 0.05) is 13.1 Å². The summed E-state index contributed by atoms with van der Waals surface area (Å²) >= 11 is 0. The number of hydrogen-bond acceptors (Lipinski definition) is 2. The number of aliphatic carboxylic acids is 1. The summed E-state index contributed by atoms with van der Waals surface area (Å²) in [5.41, 5.74) is 1.67. The molecule has 3 nitrogen and oxygen atoms in total. The molecule has 1 aliphatic heterocycles. The summed E-state index contributed by atoms with van der Waals surface area (Å²) < 4.78 is 0. The van der Waals surface area contributed by atoms with E-state index in [1.165, 1.54) is 5.56 Å². The molecule has 1 atom stereocenters. The van der Waals surface area contributed by atoms with Crippen molar-refractivity contribution < 1.29 is 9.90 Å². The van der Waals surface area contributed by atoms with Gasteiger partial charge in [0.2, 0.25) is 0 Å². The SMILES string of the molecule is C=C.C=C/C(=C\C)C(c1ccccc1)N1CC(C(=O)O)(C(C)C)C1.CC. The highest BCUT2D eigenvalue weighted by Crippen LogP contribution is 2.44. The number of nitrogens with zero attached hydrogens (tertiary/aromatic N) is 1. The van der Waals surface area contributed by atoms with Crippen LogP contribution < -0.4 is 0 Å². The molecule has 1 unspecified atom stereocenters. The third-order valence-corrected chi connectivity index (χ3v) is 4.87. The average molecular weight is 358 g/mol. The zero-order valence-corrected chi connectivity index (χ0v) is 17.0. The molecule has 1 aromatic carbocycles. The Morgan fingerprint density at radius 3 is 2.04 bits per heavy atom. The first-order valence-corrected chi connectivity index (χ1v) is 9.27. The van der Waals surface area contributed by atoms with Gasteiger partial charge in [-0.2, -0.15) is 0 Å². The molecule has 1 N–H and O–H groups in total. The van der Waals surface area contributed by atoms with Crippen molar-refractivity contribution in [2.75, 3.05) is 13.1 Å². The maximum Gasteiger partial charge on any atom is 0.312 e. The van der Waals surface area contributed by atoms with E-state index in [2.05, 4.69) is 42.8 Å². The highest BCUT2D eigenvalue weighted by molar-refractivity contribution is 5.77. The van der Waals surface area contributed by atoms with Crippen molar-refractivity contribution in [2.45, 2.75) is 40.7 Å². The summed E-state index contributed by atoms with van der Waals surface area (Å²) in [4.78, 5) is 13.9. The fraction of sp³-hybridized carbons (Fsp3) is 0.435. The highest BCUT2D eigenvalue weighted by atomic mass is 16.4. The molecule has 26 heavy (non-hydrogen) atoms. The zero-order chi connectivity index (χ0) is 20.3. The van der Waals surface area contributed by atoms with Crippen molar-refractivity contribution in [3.05, 3.63) is 73.4 Å². The van der Waals surface area contributed by atoms with Crippen LogP contribution in [0.25, 0.3) is 0 Å². The Bertz CT molecular complexity index is 583. The Hall–Kier alpha value is -2.13. The average Bonchev–Trinajstić information content (AvgIpc) is 2.63. The third kappa shape index (κ3) is 4.95. The van der Waals surface area contributed by atoms with Gasteiger partial charge >= 0.3 is 5.97 Å². The van der Waals surface area contributed by atoms with Gasteiger partial charge in [-0.15, -0.1) is 13.2 Å². The second-order valence-corrected chi connectivity index (χ2v) is 6.33. The fourth-order valence-electron chi connectivity index (χ4n) is 3.25. The largest absolute Gasteiger partial charge is 0.481 e. The maximum atomic E-state index is 11.7. The van der Waals surface area contributed by atoms with E-state index in [1.807, 2.05) is 58.9 Å². The molecule has 1 fully saturated rings. The van der Waals surface area contributed by atoms with Crippen LogP contribution in [0.1, 0.15) is 46.2 Å². The van der Waals surface area contributed by atoms with Crippen LogP contribution in [-0.4, -0.2) is 29.1 Å². The van der Waals surface area contributed by atoms with Crippen LogP contribution in [0, 0.1) is 11.3 Å². The highest BCUT2D eigenvalue weighted by Gasteiger charge is 2.53. The molecule has 0 bridgehead atoms. The third-order valence-electron chi connectivity index (χ3n) is 4.87. The molecule has 0 aromatic heterocycles. The Labute approximate surface area is 159 Å². The predicted octanol–water partition coefficient (Wildman–Crippen LogP) is 5.73. The van der Waals surface area contributed by atoms with Crippen LogP contribution in [0.2, 0.25) is 0 Å². The van der Waals surface area contributed by atoms with Gasteiger partial charge in [0.05, 0.1) is 11.5 Å². The van der Waals surface area contributed by atoms with E-state index in [4.69, 9.17) is 0 Å². The summed E-state index contributed by atoms with van der Waals surface area (Å²) in [6.07, 6.45) is 3.93. The molecule has 0 aliphatic carbocycles. The number of hydrogen-bond donors (Lipinski definition) is 1. The molecule has 0 radical (unpaired) electrons. The second-order valence-electron chi connectivity index (χ2n) is 6.33. The molecule has 1 aromatic rings. The lowest BCUT2D eigenvalue weighted by Crippen LogP contribution is -2.63. The van der Waals surface area contributed by atoms with Crippen molar-refractivity contribution in [3.63, 3.8) is 0 Å². The van der Waals surface area contributed by atoms with Crippen LogP contribution >= 0.6 is 0 Å². The summed E-state index contributed by atoms with van der Waals surface area (Å²) in [6, 6.07) is 10.3. The number of rotatable bonds is 6. The van der Waals surface area contributed by atoms with E-state index in [9.17, 15) is 9.90 Å². The second kappa shape index (κ2) is 11.5. The van der Waals surface area contributed by atoms with Crippen LogP contribution in [0.5, 0.6) is 0 Å². The minimum atomic E-state index is -0.689. The minimum absolute atomic E-state index is 0.0786. The van der Waals surface area contributed by atoms with Crippen molar-refractivity contribution in [2.24, 2.45) is 11.3 Å². The predicted molar refractivity (Wildman–Crippen MR) is 112 cm³/mol. The number of allylic oxidation sites excluding steroid dienone is 1. The number of carboxylic acids is 1. The van der Waals surface area contributed by atoms with Crippen LogP contribution in [0.3, 0.4) is 0 Å². The Morgan fingerprint density at radius 1 is 1.19 bits per heavy atom. The van der Waals surface area contributed by atoms with Crippen molar-refractivity contribution in [1.82, 2.24) is 4.90 Å². The molecule has 1 heterocycles. The molecule has 1 aliphatic rings. The van der Waals surface area contributed by atoms with Gasteiger partial charge in [-0.25, -0.2) is 0 Å². The van der Waals surface area contributed by atoms with E-state index >= 15 is 0 Å². The molecule has 0 amide bonds. The van der Waals surface area contributed by atoms with Gasteiger partial charge in [-0.05, 0) is 24.0 Å². The maximum absolute atomic E-state index is 11.7. The summed E-state index contributed by atoms with van der Waals surface area (Å²) in [6.45, 7) is 21.0. The van der Waals surface area contributed by atoms with Gasteiger partial charge < -0.3 is 5.11 Å². The molecule has 0 saturated carbocycles. The van der Waals surface area contributed by atoms with Crippen molar-refractivity contribution >= 4 is 5.97 Å². The molecular formula is C23H35NO2. The molecular weight excluding hydrogens is 322 g/mol. The normalized spacial score (nSPS) is 16.9. The molecule has 2 rings (SSSR count). The van der Waals surface area contributed by atoms with Gasteiger partial charge in [-0.1, -0.05) is 76.8 Å². The number of benzene rings is 1. The Morgan fingerprint density at radius 2 is 1.69 bits per heavy atom. The van der Waals surface area contributed by atoms with E-state index in [1.54, 1.807) is 0 Å². The monoisotopic (exact) mass is 357 g/mol. The quantitative estimate of drug-likeness (QED) is 0.522. The van der Waals surface area contributed by atoms with E-state index in [-0.39, 0.29) is 12.0 Å². The summed E-state index contributed by atoms with van der Waals surface area (Å²) in [7, 11) is 0. The Kier molecular flexibility index (Phi) is 10.5. The van der Waals surface area contributed by atoms with E-state index < -0.39 is 11.4 Å². The first kappa shape index (κ1) is 23.9. The lowest BCUT2D eigenvalue weighted by Gasteiger charge is -2.53. The minimum Gasteiger partial charge on any atom is -0.481 e. The first-order chi connectivity index (χ1) is 12.5. The van der Waals surface area contributed by atoms with Crippen molar-refractivity contribution in [3.8, 4) is 0 Å². The lowest BCUT2D eigenvalue weighted by molar-refractivity contribution is -0.168. The topological polar surface area (TPSA) is 40.5 Å². The van der Waals surface area contributed by atoms with Gasteiger partial charge in [0.25, 0.3) is 0 Å². The molecule has 144 valence electrons. The summed E-state index contributed by atoms with van der Waals surface area (Å²) in [5, 5.41) is 9.62. The molecule has 3 heteroatoms. The fourth-order valence-corrected chi connectivity index (χ4v) is 3.25. The standard InChI is InChI=1S/C19H25NO2.C2H6.C2H4/c1-5-15(6-2)17(16-10-8-7-9-11-16)20-12-19(13-20,14(3)4)18(21)22;2*1-2/h5-11,14,17H,1,12-13H2,2-4H3,(H,21,22);1-2H3;1-2H2/b15-6+;;. The van der Waals surface area contributed by atoms with Crippen LogP contribution in [0.4, 0.5) is 0 Å². The van der Waals surface area contributed by atoms with Crippen molar-refractivity contribution in [1.29, 1.82) is 0 Å². The zero-order valence-electron chi connectivity index (χ0n) is 17.0. The van der Waals surface area contributed by atoms with E-state index in [0.29, 0.717) is 13.1 Å². The van der Waals surface area contributed by atoms with E-state index in [0.717, 1.165) is 5.57 Å². The van der Waals surface area contributed by atoms with Gasteiger partial charge in [-0.3, -0.25) is 9.69 Å². The van der Waals surface area contributed by atoms with Gasteiger partial charge in [0.15, 0.2) is 0 Å². The number of carbonyl (C=O) groups is 1. The van der Waals surface area contributed by atoms with Gasteiger partial charge in [0.1, 0.15) is 0 Å². The first-order valence-electron chi connectivity index (χ1n) is 9.27. The lowest BCUT2D eigenvalue weighted by atomic mass is 9.69. The van der Waals surface area contributed by atoms with Crippen LogP contribution in [-0.2, 0) is 4.79 Å². The number of likely N-dealkylation sites (tertiary alicyclic amines) is 1. The smallest absolute Gasteiger partial charge is 0.312 e. The molecule has 1 saturated heterocycles. The van der Waals surface area contributed by atoms with Crippen LogP contribution in [0.15, 0.2) is 67.8 Å². The Balaban J connectivity index is 0.00000146.